The molecule has 7 heteroatoms. The SMILES string of the molecule is C=CCN1COCN/C1=N/[N+](=O)[O-]. The molecule has 0 unspecified atom stereocenters. The Morgan fingerprint density at radius 3 is 3.31 bits per heavy atom. The van der Waals surface area contributed by atoms with E-state index in [-0.39, 0.29) is 19.4 Å². The molecule has 1 rings (SSSR count). The van der Waals surface area contributed by atoms with Crippen LogP contribution in [0.15, 0.2) is 17.8 Å². The molecular formula is C6H10N4O3. The lowest BCUT2D eigenvalue weighted by atomic mass is 10.5. The second-order valence-electron chi connectivity index (χ2n) is 2.33. The first-order valence-electron chi connectivity index (χ1n) is 3.64. The molecule has 7 nitrogen and oxygen atoms in total. The van der Waals surface area contributed by atoms with E-state index in [9.17, 15) is 10.1 Å². The minimum Gasteiger partial charge on any atom is -0.341 e. The van der Waals surface area contributed by atoms with Crippen molar-refractivity contribution in [3.63, 3.8) is 0 Å². The standard InChI is InChI=1S/C6H10N4O3/c1-2-3-9-5-13-4-7-6(9)8-10(11)12/h2H,1,3-5H2,(H,7,8). The Hall–Kier alpha value is -1.63. The zero-order valence-corrected chi connectivity index (χ0v) is 6.97. The second-order valence-corrected chi connectivity index (χ2v) is 2.33. The van der Waals surface area contributed by atoms with E-state index in [1.807, 2.05) is 0 Å². The van der Waals surface area contributed by atoms with Crippen molar-refractivity contribution in [2.45, 2.75) is 0 Å². The van der Waals surface area contributed by atoms with Gasteiger partial charge in [0.2, 0.25) is 0 Å². The van der Waals surface area contributed by atoms with E-state index in [1.54, 1.807) is 11.0 Å². The van der Waals surface area contributed by atoms with Gasteiger partial charge in [0.15, 0.2) is 5.03 Å². The summed E-state index contributed by atoms with van der Waals surface area (Å²) in [6.45, 7) is 4.50. The van der Waals surface area contributed by atoms with Crippen LogP contribution >= 0.6 is 0 Å². The Balaban J connectivity index is 2.66. The number of nitro groups is 1. The molecule has 0 bridgehead atoms. The maximum atomic E-state index is 10.1. The highest BCUT2D eigenvalue weighted by Gasteiger charge is 2.17. The summed E-state index contributed by atoms with van der Waals surface area (Å²) in [5.41, 5.74) is 0. The summed E-state index contributed by atoms with van der Waals surface area (Å²) in [5.74, 6) is 0.205. The predicted octanol–water partition coefficient (Wildman–Crippen LogP) is -0.443. The molecule has 1 aliphatic rings. The summed E-state index contributed by atoms with van der Waals surface area (Å²) in [6.07, 6.45) is 1.62. The van der Waals surface area contributed by atoms with Crippen LogP contribution in [0.1, 0.15) is 0 Å². The summed E-state index contributed by atoms with van der Waals surface area (Å²) in [6, 6.07) is 0. The Morgan fingerprint density at radius 1 is 1.92 bits per heavy atom. The van der Waals surface area contributed by atoms with Crippen LogP contribution < -0.4 is 5.32 Å². The highest BCUT2D eigenvalue weighted by molar-refractivity contribution is 5.79. The van der Waals surface area contributed by atoms with Gasteiger partial charge in [0.1, 0.15) is 18.6 Å². The Labute approximate surface area is 74.8 Å². The normalized spacial score (nSPS) is 19.7. The zero-order valence-electron chi connectivity index (χ0n) is 6.97. The summed E-state index contributed by atoms with van der Waals surface area (Å²) >= 11 is 0. The third-order valence-electron chi connectivity index (χ3n) is 1.40. The van der Waals surface area contributed by atoms with Gasteiger partial charge in [-0.25, -0.2) is 10.1 Å². The molecule has 0 radical (unpaired) electrons. The fraction of sp³-hybridized carbons (Fsp3) is 0.500. The van der Waals surface area contributed by atoms with Crippen molar-refractivity contribution in [2.24, 2.45) is 5.10 Å². The van der Waals surface area contributed by atoms with Crippen LogP contribution in [0.25, 0.3) is 0 Å². The predicted molar refractivity (Wildman–Crippen MR) is 45.3 cm³/mol. The number of ether oxygens (including phenoxy) is 1. The Kier molecular flexibility index (Phi) is 3.21. The molecule has 0 spiro atoms. The molecule has 1 saturated heterocycles. The summed E-state index contributed by atoms with van der Waals surface area (Å²) in [4.78, 5) is 11.7. The van der Waals surface area contributed by atoms with Gasteiger partial charge in [0, 0.05) is 6.54 Å². The molecule has 0 aromatic carbocycles. The van der Waals surface area contributed by atoms with E-state index in [1.165, 1.54) is 0 Å². The lowest BCUT2D eigenvalue weighted by molar-refractivity contribution is -0.486. The van der Waals surface area contributed by atoms with E-state index in [2.05, 4.69) is 17.0 Å². The van der Waals surface area contributed by atoms with Crippen molar-refractivity contribution in [3.8, 4) is 0 Å². The molecule has 0 aromatic rings. The van der Waals surface area contributed by atoms with Gasteiger partial charge in [0.05, 0.1) is 0 Å². The van der Waals surface area contributed by atoms with Gasteiger partial charge in [0.25, 0.3) is 5.96 Å². The summed E-state index contributed by atoms with van der Waals surface area (Å²) in [5, 5.41) is 15.2. The number of hydrogen-bond acceptors (Lipinski definition) is 3. The first-order valence-corrected chi connectivity index (χ1v) is 3.64. The van der Waals surface area contributed by atoms with E-state index >= 15 is 0 Å². The quantitative estimate of drug-likeness (QED) is 0.367. The van der Waals surface area contributed by atoms with Crippen molar-refractivity contribution < 1.29 is 9.77 Å². The van der Waals surface area contributed by atoms with Gasteiger partial charge in [-0.15, -0.1) is 6.58 Å². The summed E-state index contributed by atoms with van der Waals surface area (Å²) in [7, 11) is 0. The summed E-state index contributed by atoms with van der Waals surface area (Å²) < 4.78 is 5.01. The largest absolute Gasteiger partial charge is 0.341 e. The minimum absolute atomic E-state index is 0.205. The van der Waals surface area contributed by atoms with Crippen LogP contribution in [-0.2, 0) is 4.74 Å². The Bertz CT molecular complexity index is 240. The van der Waals surface area contributed by atoms with E-state index < -0.39 is 5.03 Å². The lowest BCUT2D eigenvalue weighted by Crippen LogP contribution is -2.49. The van der Waals surface area contributed by atoms with Gasteiger partial charge in [-0.05, 0) is 0 Å². The maximum Gasteiger partial charge on any atom is 0.275 e. The van der Waals surface area contributed by atoms with Crippen LogP contribution in [0.3, 0.4) is 0 Å². The highest BCUT2D eigenvalue weighted by atomic mass is 16.7. The highest BCUT2D eigenvalue weighted by Crippen LogP contribution is 1.96. The number of hydrazone groups is 1. The number of nitrogens with one attached hydrogen (secondary N) is 1. The molecule has 0 atom stereocenters. The van der Waals surface area contributed by atoms with E-state index in [4.69, 9.17) is 4.74 Å². The fourth-order valence-electron chi connectivity index (χ4n) is 0.915. The van der Waals surface area contributed by atoms with Crippen LogP contribution in [0.5, 0.6) is 0 Å². The first-order chi connectivity index (χ1) is 6.24. The second kappa shape index (κ2) is 4.41. The van der Waals surface area contributed by atoms with Crippen molar-refractivity contribution >= 4 is 5.96 Å². The van der Waals surface area contributed by atoms with Crippen LogP contribution in [0.2, 0.25) is 0 Å². The van der Waals surface area contributed by atoms with Crippen molar-refractivity contribution in [2.75, 3.05) is 20.0 Å². The molecule has 1 N–H and O–H groups in total. The molecular weight excluding hydrogens is 176 g/mol. The number of nitrogens with zero attached hydrogens (tertiary/aromatic N) is 3. The van der Waals surface area contributed by atoms with Crippen molar-refractivity contribution in [3.05, 3.63) is 22.8 Å². The number of hydrogen-bond donors (Lipinski definition) is 1. The van der Waals surface area contributed by atoms with Gasteiger partial charge in [-0.3, -0.25) is 0 Å². The third kappa shape index (κ3) is 2.71. The van der Waals surface area contributed by atoms with Crippen molar-refractivity contribution in [1.82, 2.24) is 10.2 Å². The molecule has 0 amide bonds. The maximum absolute atomic E-state index is 10.1. The molecule has 1 aliphatic heterocycles. The Morgan fingerprint density at radius 2 is 2.69 bits per heavy atom. The van der Waals surface area contributed by atoms with E-state index in [0.29, 0.717) is 6.54 Å². The van der Waals surface area contributed by atoms with Gasteiger partial charge < -0.3 is 15.0 Å². The first kappa shape index (κ1) is 9.46. The molecule has 1 fully saturated rings. The lowest BCUT2D eigenvalue weighted by Gasteiger charge is -2.27. The van der Waals surface area contributed by atoms with Gasteiger partial charge in [-0.1, -0.05) is 6.08 Å². The molecule has 0 saturated carbocycles. The van der Waals surface area contributed by atoms with Gasteiger partial charge >= 0.3 is 0 Å². The fourth-order valence-corrected chi connectivity index (χ4v) is 0.915. The number of rotatable bonds is 3. The molecule has 13 heavy (non-hydrogen) atoms. The minimum atomic E-state index is -0.746. The average molecular weight is 186 g/mol. The van der Waals surface area contributed by atoms with Crippen LogP contribution in [0, 0.1) is 10.1 Å². The topological polar surface area (TPSA) is 80.0 Å². The van der Waals surface area contributed by atoms with Crippen molar-refractivity contribution in [1.29, 1.82) is 0 Å². The molecule has 0 aromatic heterocycles. The molecule has 1 heterocycles. The molecule has 0 aliphatic carbocycles. The number of guanidine groups is 1. The monoisotopic (exact) mass is 186 g/mol. The van der Waals surface area contributed by atoms with Gasteiger partial charge in [-0.2, -0.15) is 0 Å². The van der Waals surface area contributed by atoms with E-state index in [0.717, 1.165) is 0 Å². The van der Waals surface area contributed by atoms with Crippen LogP contribution in [0.4, 0.5) is 0 Å². The average Bonchev–Trinajstić information content (AvgIpc) is 2.08. The zero-order chi connectivity index (χ0) is 9.68. The third-order valence-corrected chi connectivity index (χ3v) is 1.40. The van der Waals surface area contributed by atoms with Crippen LogP contribution in [-0.4, -0.2) is 35.9 Å². The smallest absolute Gasteiger partial charge is 0.275 e. The molecule has 72 valence electrons.